The van der Waals surface area contributed by atoms with Gasteiger partial charge < -0.3 is 23.9 Å². The molecule has 3 N–H and O–H groups in total. The Morgan fingerprint density at radius 3 is 2.57 bits per heavy atom. The van der Waals surface area contributed by atoms with Crippen LogP contribution < -0.4 is 14.3 Å². The molecule has 2 unspecified atom stereocenters. The third kappa shape index (κ3) is 7.66. The van der Waals surface area contributed by atoms with Gasteiger partial charge in [-0.25, -0.2) is 23.0 Å². The number of fused-ring (bicyclic) bond motifs is 1. The largest absolute Gasteiger partial charge is 0.755 e. The Hall–Kier alpha value is -2.21. The zero-order chi connectivity index (χ0) is 27.5. The van der Waals surface area contributed by atoms with Crippen molar-refractivity contribution in [2.24, 2.45) is 0 Å². The molecular weight excluding hydrogens is 599 g/mol. The van der Waals surface area contributed by atoms with Gasteiger partial charge in [-0.1, -0.05) is 34.8 Å². The molecule has 2 atom stereocenters. The van der Waals surface area contributed by atoms with Crippen LogP contribution in [0.1, 0.15) is 5.56 Å². The van der Waals surface area contributed by atoms with Gasteiger partial charge in [0.05, 0.1) is 38.7 Å². The fraction of sp³-hybridized carbons (Fsp3) is 0.263. The molecular formula is C19H18Cl3N4O9S2-. The van der Waals surface area contributed by atoms with Crippen LogP contribution in [0.15, 0.2) is 35.2 Å². The van der Waals surface area contributed by atoms with E-state index in [9.17, 15) is 26.8 Å². The number of esters is 1. The number of nitrogens with zero attached hydrogens (tertiary/aromatic N) is 2. The van der Waals surface area contributed by atoms with Crippen LogP contribution in [0, 0.1) is 0 Å². The van der Waals surface area contributed by atoms with Crippen molar-refractivity contribution in [1.82, 2.24) is 15.0 Å². The highest BCUT2D eigenvalue weighted by molar-refractivity contribution is 7.89. The summed E-state index contributed by atoms with van der Waals surface area (Å²) in [6, 6.07) is 6.76. The summed E-state index contributed by atoms with van der Waals surface area (Å²) < 4.78 is 60.1. The number of carbonyl (C=O) groups is 2. The molecule has 0 bridgehead atoms. The SMILES string of the molecule is CN(CC(COc1ccc(Cl)c(Cl)c1)OC(=O)C(=O)O)N1Cc2cc(Cl)c(NS(=O)[O-])cc2S(=O)(=O)N1. The maximum absolute atomic E-state index is 12.8. The number of carbonyl (C=O) groups excluding carboxylic acids is 1. The van der Waals surface area contributed by atoms with Crippen molar-refractivity contribution >= 4 is 73.7 Å². The number of nitrogens with one attached hydrogen (secondary N) is 2. The number of hydrogen-bond acceptors (Lipinski definition) is 10. The number of rotatable bonds is 9. The number of ether oxygens (including phenoxy) is 2. The number of anilines is 1. The average molecular weight is 617 g/mol. The van der Waals surface area contributed by atoms with Gasteiger partial charge in [-0.3, -0.25) is 4.21 Å². The van der Waals surface area contributed by atoms with Gasteiger partial charge in [0.15, 0.2) is 6.10 Å². The minimum absolute atomic E-state index is 0.0362. The number of benzene rings is 2. The number of hydrogen-bond donors (Lipinski definition) is 3. The minimum atomic E-state index is -4.17. The van der Waals surface area contributed by atoms with Crippen LogP contribution in [0.4, 0.5) is 5.69 Å². The van der Waals surface area contributed by atoms with Gasteiger partial charge in [-0.2, -0.15) is 5.12 Å². The normalized spacial score (nSPS) is 16.5. The molecule has 13 nitrogen and oxygen atoms in total. The molecule has 1 aliphatic rings. The van der Waals surface area contributed by atoms with Crippen LogP contribution in [0.25, 0.3) is 0 Å². The van der Waals surface area contributed by atoms with Gasteiger partial charge in [0.25, 0.3) is 10.0 Å². The molecule has 0 radical (unpaired) electrons. The highest BCUT2D eigenvalue weighted by Crippen LogP contribution is 2.32. The van der Waals surface area contributed by atoms with E-state index in [-0.39, 0.29) is 56.7 Å². The molecule has 1 heterocycles. The third-order valence-electron chi connectivity index (χ3n) is 4.83. The van der Waals surface area contributed by atoms with Crippen molar-refractivity contribution in [3.8, 4) is 5.75 Å². The minimum Gasteiger partial charge on any atom is -0.755 e. The predicted octanol–water partition coefficient (Wildman–Crippen LogP) is 1.78. The van der Waals surface area contributed by atoms with Crippen molar-refractivity contribution in [3.05, 3.63) is 51.0 Å². The molecule has 0 aromatic heterocycles. The fourth-order valence-corrected chi connectivity index (χ4v) is 5.43. The summed E-state index contributed by atoms with van der Waals surface area (Å²) in [5.74, 6) is -3.10. The highest BCUT2D eigenvalue weighted by atomic mass is 35.5. The number of carboxylic acid groups (broad SMARTS) is 1. The topological polar surface area (TPSA) is 178 Å². The summed E-state index contributed by atoms with van der Waals surface area (Å²) in [5.41, 5.74) is 0.116. The monoisotopic (exact) mass is 615 g/mol. The Morgan fingerprint density at radius 2 is 1.95 bits per heavy atom. The van der Waals surface area contributed by atoms with Crippen LogP contribution in [-0.4, -0.2) is 70.7 Å². The number of carboxylic acids is 1. The number of aliphatic carboxylic acids is 1. The maximum Gasteiger partial charge on any atom is 0.417 e. The third-order valence-corrected chi connectivity index (χ3v) is 7.68. The lowest BCUT2D eigenvalue weighted by atomic mass is 10.2. The molecule has 0 aliphatic carbocycles. The van der Waals surface area contributed by atoms with Gasteiger partial charge in [-0.15, -0.1) is 4.83 Å². The molecule has 2 aromatic carbocycles. The lowest BCUT2D eigenvalue weighted by Gasteiger charge is -2.37. The van der Waals surface area contributed by atoms with Crippen molar-refractivity contribution in [1.29, 1.82) is 0 Å². The highest BCUT2D eigenvalue weighted by Gasteiger charge is 2.33. The molecule has 37 heavy (non-hydrogen) atoms. The van der Waals surface area contributed by atoms with E-state index < -0.39 is 39.3 Å². The predicted molar refractivity (Wildman–Crippen MR) is 132 cm³/mol. The zero-order valence-electron chi connectivity index (χ0n) is 18.6. The number of sulfonamides is 1. The van der Waals surface area contributed by atoms with E-state index in [4.69, 9.17) is 49.4 Å². The first-order valence-electron chi connectivity index (χ1n) is 9.98. The standard InChI is InChI=1S/C19H19Cl3N4O9S2/c1-25(8-12(35-19(29)18(27)28)9-34-11-2-3-13(20)14(21)5-11)26-7-10-4-15(22)16(23-36(30)31)6-17(10)37(32,33)24-26/h2-6,12,23-24H,7-9H2,1H3,(H,27,28)(H,30,31)/p-1. The molecule has 3 rings (SSSR count). The first-order valence-corrected chi connectivity index (χ1v) is 13.7. The van der Waals surface area contributed by atoms with Gasteiger partial charge in [0.1, 0.15) is 12.4 Å². The second-order valence-corrected chi connectivity index (χ2v) is 11.0. The Balaban J connectivity index is 1.78. The van der Waals surface area contributed by atoms with Crippen molar-refractivity contribution in [2.45, 2.75) is 17.5 Å². The maximum atomic E-state index is 12.8. The van der Waals surface area contributed by atoms with E-state index >= 15 is 0 Å². The number of likely N-dealkylation sites (N-methyl/N-ethyl adjacent to an activating group) is 1. The summed E-state index contributed by atoms with van der Waals surface area (Å²) in [7, 11) is -2.72. The van der Waals surface area contributed by atoms with E-state index in [0.29, 0.717) is 0 Å². The molecule has 0 amide bonds. The fourth-order valence-electron chi connectivity index (χ4n) is 3.18. The summed E-state index contributed by atoms with van der Waals surface area (Å²) in [5, 5.41) is 11.9. The van der Waals surface area contributed by atoms with Crippen LogP contribution >= 0.6 is 34.8 Å². The smallest absolute Gasteiger partial charge is 0.417 e. The van der Waals surface area contributed by atoms with Crippen molar-refractivity contribution in [2.75, 3.05) is 24.9 Å². The molecule has 0 fully saturated rings. The average Bonchev–Trinajstić information content (AvgIpc) is 2.79. The summed E-state index contributed by atoms with van der Waals surface area (Å²) in [4.78, 5) is 24.8. The van der Waals surface area contributed by atoms with E-state index in [1.807, 2.05) is 4.72 Å². The Kier molecular flexibility index (Phi) is 9.60. The van der Waals surface area contributed by atoms with Gasteiger partial charge in [-0.05, 0) is 29.8 Å². The van der Waals surface area contributed by atoms with Gasteiger partial charge in [0, 0.05) is 24.4 Å². The summed E-state index contributed by atoms with van der Waals surface area (Å²) >= 11 is 15.2. The number of hydrazine groups is 2. The molecule has 0 saturated carbocycles. The molecule has 202 valence electrons. The lowest BCUT2D eigenvalue weighted by Crippen LogP contribution is -2.56. The van der Waals surface area contributed by atoms with Crippen LogP contribution in [0.3, 0.4) is 0 Å². The number of halogens is 3. The Bertz CT molecular complexity index is 1350. The molecule has 2 aromatic rings. The summed E-state index contributed by atoms with van der Waals surface area (Å²) in [6.07, 6.45) is -1.17. The second kappa shape index (κ2) is 12.1. The quantitative estimate of drug-likeness (QED) is 0.213. The van der Waals surface area contributed by atoms with Crippen LogP contribution in [-0.2, 0) is 42.2 Å². The van der Waals surface area contributed by atoms with Crippen LogP contribution in [0.2, 0.25) is 15.1 Å². The Morgan fingerprint density at radius 1 is 1.24 bits per heavy atom. The zero-order valence-corrected chi connectivity index (χ0v) is 22.5. The van der Waals surface area contributed by atoms with E-state index in [2.05, 4.69) is 4.83 Å². The van der Waals surface area contributed by atoms with E-state index in [1.165, 1.54) is 36.3 Å². The Labute approximate surface area is 228 Å². The van der Waals surface area contributed by atoms with Gasteiger partial charge >= 0.3 is 11.9 Å². The lowest BCUT2D eigenvalue weighted by molar-refractivity contribution is -0.171. The van der Waals surface area contributed by atoms with Crippen LogP contribution in [0.5, 0.6) is 5.75 Å². The second-order valence-electron chi connectivity index (χ2n) is 7.49. The molecule has 0 spiro atoms. The van der Waals surface area contributed by atoms with E-state index in [1.54, 1.807) is 0 Å². The van der Waals surface area contributed by atoms with E-state index in [0.717, 1.165) is 11.2 Å². The first kappa shape index (κ1) is 29.3. The first-order chi connectivity index (χ1) is 17.3. The van der Waals surface area contributed by atoms with Gasteiger partial charge in [0.2, 0.25) is 0 Å². The van der Waals surface area contributed by atoms with Crippen molar-refractivity contribution in [3.63, 3.8) is 0 Å². The molecule has 18 heteroatoms. The molecule has 1 aliphatic heterocycles. The van der Waals surface area contributed by atoms with Crippen molar-refractivity contribution < 1.29 is 41.3 Å². The molecule has 0 saturated heterocycles. The summed E-state index contributed by atoms with van der Waals surface area (Å²) in [6.45, 7) is -0.578.